The summed E-state index contributed by atoms with van der Waals surface area (Å²) < 4.78 is 12.6. The number of imidazole rings is 1. The molecule has 1 aliphatic heterocycles. The number of hydrogen-bond acceptors (Lipinski definition) is 9. The van der Waals surface area contributed by atoms with Crippen LogP contribution in [-0.2, 0) is 4.74 Å². The Morgan fingerprint density at radius 1 is 1.17 bits per heavy atom. The molecule has 1 aromatic carbocycles. The summed E-state index contributed by atoms with van der Waals surface area (Å²) in [6.07, 6.45) is -2.94. The van der Waals surface area contributed by atoms with Crippen LogP contribution in [0.2, 0.25) is 5.28 Å². The summed E-state index contributed by atoms with van der Waals surface area (Å²) in [5.74, 6) is 1.16. The molecule has 2 aromatic heterocycles. The normalized spacial score (nSPS) is 24.1. The quantitative estimate of drug-likeness (QED) is 0.319. The van der Waals surface area contributed by atoms with Crippen LogP contribution in [-0.4, -0.2) is 72.9 Å². The highest BCUT2D eigenvalue weighted by Crippen LogP contribution is 2.32. The fraction of sp³-hybridized carbons (Fsp3) is 0.389. The summed E-state index contributed by atoms with van der Waals surface area (Å²) >= 11 is 6.06. The van der Waals surface area contributed by atoms with E-state index >= 15 is 0 Å². The summed E-state index contributed by atoms with van der Waals surface area (Å²) in [6, 6.07) is 9.42. The van der Waals surface area contributed by atoms with E-state index in [-0.39, 0.29) is 5.28 Å². The second-order valence-corrected chi connectivity index (χ2v) is 6.82. The number of fused-ring (bicyclic) bond motifs is 1. The van der Waals surface area contributed by atoms with Gasteiger partial charge in [-0.2, -0.15) is 9.97 Å². The van der Waals surface area contributed by atoms with Gasteiger partial charge in [-0.15, -0.1) is 0 Å². The van der Waals surface area contributed by atoms with E-state index in [2.05, 4.69) is 20.3 Å². The van der Waals surface area contributed by atoms with E-state index in [0.29, 0.717) is 30.1 Å². The average molecular weight is 422 g/mol. The monoisotopic (exact) mass is 421 g/mol. The molecule has 4 rings (SSSR count). The molecule has 0 radical (unpaired) electrons. The van der Waals surface area contributed by atoms with E-state index in [4.69, 9.17) is 21.1 Å². The van der Waals surface area contributed by atoms with Gasteiger partial charge < -0.3 is 30.1 Å². The molecule has 0 spiro atoms. The SMILES string of the molecule is OC[C@H]1O[C@@H](n2cnc3c(NCCOc4ccccc4)nc(Cl)nc32)C(O)C1O. The number of nitrogens with zero attached hydrogens (tertiary/aromatic N) is 4. The van der Waals surface area contributed by atoms with Crippen molar-refractivity contribution < 1.29 is 24.8 Å². The van der Waals surface area contributed by atoms with Crippen LogP contribution < -0.4 is 10.1 Å². The van der Waals surface area contributed by atoms with Gasteiger partial charge in [0.25, 0.3) is 0 Å². The number of benzene rings is 1. The molecule has 0 aliphatic carbocycles. The van der Waals surface area contributed by atoms with Gasteiger partial charge in [-0.25, -0.2) is 4.98 Å². The second-order valence-electron chi connectivity index (χ2n) is 6.48. The summed E-state index contributed by atoms with van der Waals surface area (Å²) in [7, 11) is 0. The topological polar surface area (TPSA) is 135 Å². The van der Waals surface area contributed by atoms with Crippen LogP contribution in [0, 0.1) is 0 Å². The van der Waals surface area contributed by atoms with Crippen LogP contribution in [0.5, 0.6) is 5.75 Å². The van der Waals surface area contributed by atoms with Crippen LogP contribution in [0.25, 0.3) is 11.2 Å². The Morgan fingerprint density at radius 2 is 1.97 bits per heavy atom. The standard InChI is InChI=1S/C18H20ClN5O5/c19-18-22-15(20-6-7-28-10-4-2-1-3-5-10)12-16(23-18)24(9-21-12)17-14(27)13(26)11(8-25)29-17/h1-5,9,11,13-14,17,25-27H,6-8H2,(H,20,22,23)/t11-,13?,14?,17-/m1/s1. The second kappa shape index (κ2) is 8.47. The van der Waals surface area contributed by atoms with Crippen molar-refractivity contribution in [3.05, 3.63) is 41.9 Å². The zero-order valence-electron chi connectivity index (χ0n) is 15.2. The first-order chi connectivity index (χ1) is 14.1. The first-order valence-electron chi connectivity index (χ1n) is 9.02. The van der Waals surface area contributed by atoms with Gasteiger partial charge in [-0.1, -0.05) is 18.2 Å². The first-order valence-corrected chi connectivity index (χ1v) is 9.40. The van der Waals surface area contributed by atoms with Gasteiger partial charge in [0.2, 0.25) is 5.28 Å². The highest BCUT2D eigenvalue weighted by atomic mass is 35.5. The number of anilines is 1. The maximum Gasteiger partial charge on any atom is 0.226 e. The van der Waals surface area contributed by atoms with Gasteiger partial charge in [0.15, 0.2) is 23.2 Å². The molecule has 154 valence electrons. The molecule has 1 fully saturated rings. The third kappa shape index (κ3) is 3.98. The van der Waals surface area contributed by atoms with E-state index in [9.17, 15) is 15.3 Å². The minimum Gasteiger partial charge on any atom is -0.492 e. The summed E-state index contributed by atoms with van der Waals surface area (Å²) in [6.45, 7) is 0.409. The van der Waals surface area contributed by atoms with Crippen molar-refractivity contribution >= 4 is 28.6 Å². The number of aliphatic hydroxyl groups excluding tert-OH is 3. The number of aliphatic hydroxyl groups is 3. The van der Waals surface area contributed by atoms with Gasteiger partial charge in [0, 0.05) is 0 Å². The lowest BCUT2D eigenvalue weighted by molar-refractivity contribution is -0.0511. The van der Waals surface area contributed by atoms with Crippen molar-refractivity contribution in [2.45, 2.75) is 24.5 Å². The van der Waals surface area contributed by atoms with Crippen molar-refractivity contribution in [1.82, 2.24) is 19.5 Å². The number of para-hydroxylation sites is 1. The van der Waals surface area contributed by atoms with Crippen LogP contribution in [0.3, 0.4) is 0 Å². The fourth-order valence-corrected chi connectivity index (χ4v) is 3.33. The van der Waals surface area contributed by atoms with Crippen LogP contribution in [0.4, 0.5) is 5.82 Å². The maximum absolute atomic E-state index is 10.3. The van der Waals surface area contributed by atoms with Crippen LogP contribution >= 0.6 is 11.6 Å². The minimum atomic E-state index is -1.26. The smallest absolute Gasteiger partial charge is 0.226 e. The Bertz CT molecular complexity index is 972. The highest BCUT2D eigenvalue weighted by Gasteiger charge is 2.44. The largest absolute Gasteiger partial charge is 0.492 e. The number of halogens is 1. The molecule has 1 aliphatic rings. The van der Waals surface area contributed by atoms with Crippen molar-refractivity contribution in [3.8, 4) is 5.75 Å². The van der Waals surface area contributed by atoms with Crippen molar-refractivity contribution in [2.24, 2.45) is 0 Å². The Kier molecular flexibility index (Phi) is 5.79. The molecule has 0 bridgehead atoms. The number of hydrogen-bond donors (Lipinski definition) is 4. The lowest BCUT2D eigenvalue weighted by Gasteiger charge is -2.16. The molecule has 0 saturated carbocycles. The Hall–Kier alpha value is -2.50. The summed E-state index contributed by atoms with van der Waals surface area (Å²) in [5, 5.41) is 32.6. The number of rotatable bonds is 7. The van der Waals surface area contributed by atoms with Crippen molar-refractivity contribution in [2.75, 3.05) is 25.1 Å². The lowest BCUT2D eigenvalue weighted by Crippen LogP contribution is -2.33. The third-order valence-electron chi connectivity index (χ3n) is 4.59. The number of ether oxygens (including phenoxy) is 2. The lowest BCUT2D eigenvalue weighted by atomic mass is 10.1. The molecule has 3 aromatic rings. The maximum atomic E-state index is 10.3. The number of aromatic nitrogens is 4. The predicted octanol–water partition coefficient (Wildman–Crippen LogP) is 0.582. The predicted molar refractivity (Wildman–Crippen MR) is 104 cm³/mol. The zero-order valence-corrected chi connectivity index (χ0v) is 16.0. The Labute approximate surface area is 170 Å². The number of nitrogens with one attached hydrogen (secondary N) is 1. The summed E-state index contributed by atoms with van der Waals surface area (Å²) in [5.41, 5.74) is 0.748. The van der Waals surface area contributed by atoms with Gasteiger partial charge in [-0.05, 0) is 23.7 Å². The van der Waals surface area contributed by atoms with Crippen LogP contribution in [0.15, 0.2) is 36.7 Å². The highest BCUT2D eigenvalue weighted by molar-refractivity contribution is 6.28. The molecule has 1 saturated heterocycles. The Morgan fingerprint density at radius 3 is 2.69 bits per heavy atom. The van der Waals surface area contributed by atoms with E-state index < -0.39 is 31.1 Å². The van der Waals surface area contributed by atoms with E-state index in [1.807, 2.05) is 30.3 Å². The molecule has 3 heterocycles. The average Bonchev–Trinajstić information content (AvgIpc) is 3.27. The van der Waals surface area contributed by atoms with E-state index in [1.165, 1.54) is 10.9 Å². The van der Waals surface area contributed by atoms with Gasteiger partial charge in [-0.3, -0.25) is 4.57 Å². The molecule has 29 heavy (non-hydrogen) atoms. The van der Waals surface area contributed by atoms with Crippen molar-refractivity contribution in [1.29, 1.82) is 0 Å². The van der Waals surface area contributed by atoms with Crippen molar-refractivity contribution in [3.63, 3.8) is 0 Å². The fourth-order valence-electron chi connectivity index (χ4n) is 3.16. The zero-order chi connectivity index (χ0) is 20.4. The molecule has 10 nitrogen and oxygen atoms in total. The first kappa shape index (κ1) is 19.8. The van der Waals surface area contributed by atoms with E-state index in [1.54, 1.807) is 0 Å². The third-order valence-corrected chi connectivity index (χ3v) is 4.76. The molecule has 2 unspecified atom stereocenters. The van der Waals surface area contributed by atoms with Gasteiger partial charge >= 0.3 is 0 Å². The molecule has 0 amide bonds. The molecular weight excluding hydrogens is 402 g/mol. The van der Waals surface area contributed by atoms with Gasteiger partial charge in [0.1, 0.15) is 30.7 Å². The molecule has 4 atom stereocenters. The summed E-state index contributed by atoms with van der Waals surface area (Å²) in [4.78, 5) is 12.6. The Balaban J connectivity index is 1.51. The van der Waals surface area contributed by atoms with Gasteiger partial charge in [0.05, 0.1) is 19.5 Å². The van der Waals surface area contributed by atoms with E-state index in [0.717, 1.165) is 5.75 Å². The molecule has 11 heteroatoms. The molecular formula is C18H20ClN5O5. The van der Waals surface area contributed by atoms with Crippen LogP contribution in [0.1, 0.15) is 6.23 Å². The minimum absolute atomic E-state index is 0.0162. The molecule has 4 N–H and O–H groups in total.